The van der Waals surface area contributed by atoms with Gasteiger partial charge in [0.05, 0.1) is 10.9 Å². The standard InChI is InChI=1S/C19H23N3O3S/c1-14(2)21-26(24,25)17-8-3-6-15(12-17)19(23)22-11-5-9-18(22)16-7-4-10-20-13-16/h3-4,6-8,10,12-14,18,21H,5,9,11H2,1-2H3/t18-/m1/s1. The number of carbonyl (C=O) groups is 1. The van der Waals surface area contributed by atoms with Crippen LogP contribution in [0, 0.1) is 0 Å². The molecule has 3 rings (SSSR count). The Kier molecular flexibility index (Phi) is 5.38. The lowest BCUT2D eigenvalue weighted by Gasteiger charge is -2.25. The maximum Gasteiger partial charge on any atom is 0.254 e. The molecule has 0 aliphatic carbocycles. The Balaban J connectivity index is 1.87. The van der Waals surface area contributed by atoms with Gasteiger partial charge in [-0.05, 0) is 56.5 Å². The molecular weight excluding hydrogens is 350 g/mol. The zero-order valence-corrected chi connectivity index (χ0v) is 15.7. The van der Waals surface area contributed by atoms with E-state index < -0.39 is 10.0 Å². The van der Waals surface area contributed by atoms with Crippen molar-refractivity contribution in [2.24, 2.45) is 0 Å². The molecule has 1 aromatic carbocycles. The van der Waals surface area contributed by atoms with Gasteiger partial charge in [-0.2, -0.15) is 0 Å². The van der Waals surface area contributed by atoms with Gasteiger partial charge >= 0.3 is 0 Å². The van der Waals surface area contributed by atoms with Gasteiger partial charge in [0.1, 0.15) is 0 Å². The van der Waals surface area contributed by atoms with Crippen LogP contribution >= 0.6 is 0 Å². The molecule has 1 aromatic heterocycles. The highest BCUT2D eigenvalue weighted by Gasteiger charge is 2.31. The van der Waals surface area contributed by atoms with Gasteiger partial charge in [0, 0.05) is 30.5 Å². The summed E-state index contributed by atoms with van der Waals surface area (Å²) in [4.78, 5) is 19.1. The molecule has 0 unspecified atom stereocenters. The van der Waals surface area contributed by atoms with Crippen molar-refractivity contribution < 1.29 is 13.2 Å². The normalized spacial score (nSPS) is 17.7. The Morgan fingerprint density at radius 2 is 2.08 bits per heavy atom. The number of hydrogen-bond acceptors (Lipinski definition) is 4. The molecule has 1 atom stereocenters. The second-order valence-electron chi connectivity index (χ2n) is 6.75. The summed E-state index contributed by atoms with van der Waals surface area (Å²) in [6.45, 7) is 4.17. The van der Waals surface area contributed by atoms with Crippen LogP contribution in [0.4, 0.5) is 0 Å². The quantitative estimate of drug-likeness (QED) is 0.874. The average Bonchev–Trinajstić information content (AvgIpc) is 3.10. The highest BCUT2D eigenvalue weighted by atomic mass is 32.2. The van der Waals surface area contributed by atoms with Crippen molar-refractivity contribution in [3.05, 3.63) is 59.9 Å². The van der Waals surface area contributed by atoms with E-state index in [9.17, 15) is 13.2 Å². The summed E-state index contributed by atoms with van der Waals surface area (Å²) < 4.78 is 27.3. The summed E-state index contributed by atoms with van der Waals surface area (Å²) in [6.07, 6.45) is 5.28. The second-order valence-corrected chi connectivity index (χ2v) is 8.46. The Labute approximate surface area is 154 Å². The SMILES string of the molecule is CC(C)NS(=O)(=O)c1cccc(C(=O)N2CCC[C@@H]2c2cccnc2)c1. The van der Waals surface area contributed by atoms with Crippen LogP contribution in [0.15, 0.2) is 53.7 Å². The lowest BCUT2D eigenvalue weighted by Crippen LogP contribution is -2.32. The fraction of sp³-hybridized carbons (Fsp3) is 0.368. The first-order valence-corrected chi connectivity index (χ1v) is 10.2. The van der Waals surface area contributed by atoms with Crippen LogP contribution in [0.5, 0.6) is 0 Å². The van der Waals surface area contributed by atoms with Gasteiger partial charge in [0.15, 0.2) is 0 Å². The summed E-state index contributed by atoms with van der Waals surface area (Å²) in [5.74, 6) is -0.155. The van der Waals surface area contributed by atoms with Gasteiger partial charge in [0.2, 0.25) is 10.0 Å². The minimum Gasteiger partial charge on any atom is -0.332 e. The molecule has 2 heterocycles. The van der Waals surface area contributed by atoms with Crippen LogP contribution < -0.4 is 4.72 Å². The number of aromatic nitrogens is 1. The lowest BCUT2D eigenvalue weighted by molar-refractivity contribution is 0.0735. The number of nitrogens with one attached hydrogen (secondary N) is 1. The maximum atomic E-state index is 13.0. The molecule has 0 bridgehead atoms. The summed E-state index contributed by atoms with van der Waals surface area (Å²) >= 11 is 0. The fourth-order valence-electron chi connectivity index (χ4n) is 3.27. The molecule has 0 saturated carbocycles. The van der Waals surface area contributed by atoms with Gasteiger partial charge in [-0.15, -0.1) is 0 Å². The number of hydrogen-bond donors (Lipinski definition) is 1. The Morgan fingerprint density at radius 3 is 2.77 bits per heavy atom. The number of benzene rings is 1. The molecule has 1 amide bonds. The minimum atomic E-state index is -3.64. The van der Waals surface area contributed by atoms with Crippen molar-refractivity contribution in [3.8, 4) is 0 Å². The predicted octanol–water partition coefficient (Wildman–Crippen LogP) is 2.75. The number of rotatable bonds is 5. The minimum absolute atomic E-state index is 0.0229. The van der Waals surface area contributed by atoms with E-state index in [0.29, 0.717) is 12.1 Å². The average molecular weight is 373 g/mol. The van der Waals surface area contributed by atoms with Gasteiger partial charge in [0.25, 0.3) is 5.91 Å². The zero-order chi connectivity index (χ0) is 18.7. The number of pyridine rings is 1. The maximum absolute atomic E-state index is 13.0. The van der Waals surface area contributed by atoms with Crippen LogP contribution in [0.3, 0.4) is 0 Å². The molecule has 26 heavy (non-hydrogen) atoms. The van der Waals surface area contributed by atoms with Crippen LogP contribution in [0.25, 0.3) is 0 Å². The third kappa shape index (κ3) is 3.94. The third-order valence-electron chi connectivity index (χ3n) is 4.36. The molecule has 1 aliphatic heterocycles. The van der Waals surface area contributed by atoms with E-state index >= 15 is 0 Å². The molecule has 1 saturated heterocycles. The third-order valence-corrected chi connectivity index (χ3v) is 6.02. The Morgan fingerprint density at radius 1 is 1.27 bits per heavy atom. The summed E-state index contributed by atoms with van der Waals surface area (Å²) in [5, 5.41) is 0. The van der Waals surface area contributed by atoms with Gasteiger partial charge < -0.3 is 4.90 Å². The highest BCUT2D eigenvalue weighted by molar-refractivity contribution is 7.89. The highest BCUT2D eigenvalue weighted by Crippen LogP contribution is 2.32. The number of amides is 1. The number of carbonyl (C=O) groups excluding carboxylic acids is 1. The van der Waals surface area contributed by atoms with Gasteiger partial charge in [-0.1, -0.05) is 12.1 Å². The van der Waals surface area contributed by atoms with Crippen LogP contribution in [0.2, 0.25) is 0 Å². The summed E-state index contributed by atoms with van der Waals surface area (Å²) in [5.41, 5.74) is 1.39. The predicted molar refractivity (Wildman–Crippen MR) is 99.1 cm³/mol. The molecule has 0 radical (unpaired) electrons. The fourth-order valence-corrected chi connectivity index (χ4v) is 4.57. The zero-order valence-electron chi connectivity index (χ0n) is 14.9. The first kappa shape index (κ1) is 18.5. The van der Waals surface area contributed by atoms with E-state index in [1.54, 1.807) is 43.3 Å². The topological polar surface area (TPSA) is 79.4 Å². The first-order chi connectivity index (χ1) is 12.4. The molecule has 138 valence electrons. The molecule has 2 aromatic rings. The number of nitrogens with zero attached hydrogens (tertiary/aromatic N) is 2. The lowest BCUT2D eigenvalue weighted by atomic mass is 10.1. The molecule has 1 N–H and O–H groups in total. The smallest absolute Gasteiger partial charge is 0.254 e. The summed E-state index contributed by atoms with van der Waals surface area (Å²) in [6, 6.07) is 9.82. The van der Waals surface area contributed by atoms with E-state index in [2.05, 4.69) is 9.71 Å². The van der Waals surface area contributed by atoms with Crippen molar-refractivity contribution >= 4 is 15.9 Å². The van der Waals surface area contributed by atoms with Gasteiger partial charge in [-0.3, -0.25) is 9.78 Å². The van der Waals surface area contributed by atoms with Crippen LogP contribution in [0.1, 0.15) is 48.7 Å². The summed E-state index contributed by atoms with van der Waals surface area (Å²) in [7, 11) is -3.64. The molecule has 7 heteroatoms. The van der Waals surface area contributed by atoms with Crippen molar-refractivity contribution in [2.45, 2.75) is 43.7 Å². The van der Waals surface area contributed by atoms with Crippen LogP contribution in [-0.2, 0) is 10.0 Å². The van der Waals surface area contributed by atoms with E-state index in [1.807, 2.05) is 12.1 Å². The van der Waals surface area contributed by atoms with Crippen molar-refractivity contribution in [1.29, 1.82) is 0 Å². The first-order valence-electron chi connectivity index (χ1n) is 8.72. The molecule has 1 fully saturated rings. The van der Waals surface area contributed by atoms with E-state index in [4.69, 9.17) is 0 Å². The molecule has 0 spiro atoms. The Hall–Kier alpha value is -2.25. The second kappa shape index (κ2) is 7.55. The van der Waals surface area contributed by atoms with Gasteiger partial charge in [-0.25, -0.2) is 13.1 Å². The van der Waals surface area contributed by atoms with E-state index in [1.165, 1.54) is 12.1 Å². The Bertz CT molecular complexity index is 882. The van der Waals surface area contributed by atoms with Crippen molar-refractivity contribution in [1.82, 2.24) is 14.6 Å². The van der Waals surface area contributed by atoms with E-state index in [0.717, 1.165) is 18.4 Å². The van der Waals surface area contributed by atoms with Crippen LogP contribution in [-0.4, -0.2) is 36.8 Å². The number of sulfonamides is 1. The van der Waals surface area contributed by atoms with Crippen molar-refractivity contribution in [3.63, 3.8) is 0 Å². The molecule has 1 aliphatic rings. The monoisotopic (exact) mass is 373 g/mol. The van der Waals surface area contributed by atoms with E-state index in [-0.39, 0.29) is 22.9 Å². The molecule has 6 nitrogen and oxygen atoms in total. The largest absolute Gasteiger partial charge is 0.332 e. The van der Waals surface area contributed by atoms with Crippen molar-refractivity contribution in [2.75, 3.05) is 6.54 Å². The molecular formula is C19H23N3O3S. The number of likely N-dealkylation sites (tertiary alicyclic amines) is 1.